The monoisotopic (exact) mass is 302 g/mol. The van der Waals surface area contributed by atoms with Crippen LogP contribution in [0.25, 0.3) is 0 Å². The molecule has 0 aromatic heterocycles. The summed E-state index contributed by atoms with van der Waals surface area (Å²) in [6, 6.07) is 5.14. The maximum absolute atomic E-state index is 12.5. The van der Waals surface area contributed by atoms with Crippen LogP contribution in [-0.4, -0.2) is 18.1 Å². The third kappa shape index (κ3) is 3.05. The second-order valence-corrected chi connectivity index (χ2v) is 4.96. The summed E-state index contributed by atoms with van der Waals surface area (Å²) in [7, 11) is 0. The lowest BCUT2D eigenvalue weighted by molar-refractivity contribution is -0.138. The van der Waals surface area contributed by atoms with Gasteiger partial charge in [-0.05, 0) is 24.6 Å². The number of hydrogen-bond donors (Lipinski definition) is 0. The number of halogens is 4. The first-order valence-corrected chi connectivity index (χ1v) is 6.28. The van der Waals surface area contributed by atoms with Crippen LogP contribution in [0.5, 0.6) is 0 Å². The van der Waals surface area contributed by atoms with Gasteiger partial charge in [0.2, 0.25) is 5.91 Å². The molecule has 0 spiro atoms. The van der Waals surface area contributed by atoms with E-state index in [1.54, 1.807) is 0 Å². The van der Waals surface area contributed by atoms with Crippen LogP contribution in [0, 0.1) is 11.3 Å². The summed E-state index contributed by atoms with van der Waals surface area (Å²) in [4.78, 5) is 12.9. The number of amides is 1. The quantitative estimate of drug-likeness (QED) is 0.837. The Morgan fingerprint density at radius 2 is 2.15 bits per heavy atom. The lowest BCUT2D eigenvalue weighted by Gasteiger charge is -2.26. The van der Waals surface area contributed by atoms with E-state index in [1.807, 2.05) is 6.07 Å². The molecule has 0 unspecified atom stereocenters. The highest BCUT2D eigenvalue weighted by Gasteiger charge is 2.40. The minimum Gasteiger partial charge on any atom is -0.309 e. The number of rotatable bonds is 2. The van der Waals surface area contributed by atoms with Gasteiger partial charge in [-0.15, -0.1) is 0 Å². The molecule has 0 saturated carbocycles. The van der Waals surface area contributed by atoms with Crippen LogP contribution in [0.3, 0.4) is 0 Å². The summed E-state index contributed by atoms with van der Waals surface area (Å²) in [6.45, 7) is 0. The molecule has 0 aliphatic carbocycles. The number of nitrogens with zero attached hydrogens (tertiary/aromatic N) is 2. The maximum atomic E-state index is 12.5. The molecule has 2 rings (SSSR count). The van der Waals surface area contributed by atoms with Crippen LogP contribution in [0.4, 0.5) is 18.9 Å². The van der Waals surface area contributed by atoms with E-state index in [4.69, 9.17) is 16.9 Å². The van der Waals surface area contributed by atoms with E-state index in [0.29, 0.717) is 5.69 Å². The topological polar surface area (TPSA) is 44.1 Å². The zero-order valence-electron chi connectivity index (χ0n) is 10.2. The second kappa shape index (κ2) is 5.33. The largest absolute Gasteiger partial charge is 0.391 e. The first-order chi connectivity index (χ1) is 9.31. The number of alkyl halides is 3. The van der Waals surface area contributed by atoms with Gasteiger partial charge < -0.3 is 4.90 Å². The molecule has 1 aliphatic heterocycles. The highest BCUT2D eigenvalue weighted by atomic mass is 35.5. The van der Waals surface area contributed by atoms with Crippen LogP contribution in [-0.2, 0) is 4.79 Å². The highest BCUT2D eigenvalue weighted by molar-refractivity contribution is 6.32. The molecule has 1 atom stereocenters. The molecule has 1 heterocycles. The molecule has 1 saturated heterocycles. The van der Waals surface area contributed by atoms with Gasteiger partial charge in [-0.3, -0.25) is 4.79 Å². The normalized spacial score (nSPS) is 19.2. The van der Waals surface area contributed by atoms with Crippen LogP contribution < -0.4 is 4.90 Å². The van der Waals surface area contributed by atoms with E-state index in [9.17, 15) is 18.0 Å². The van der Waals surface area contributed by atoms with Crippen molar-refractivity contribution in [3.05, 3.63) is 28.8 Å². The summed E-state index contributed by atoms with van der Waals surface area (Å²) in [5, 5.41) is 8.89. The van der Waals surface area contributed by atoms with Crippen molar-refractivity contribution in [2.24, 2.45) is 0 Å². The van der Waals surface area contributed by atoms with Crippen LogP contribution in [0.1, 0.15) is 24.8 Å². The van der Waals surface area contributed by atoms with Crippen molar-refractivity contribution in [1.82, 2.24) is 0 Å². The van der Waals surface area contributed by atoms with Gasteiger partial charge in [-0.25, -0.2) is 0 Å². The van der Waals surface area contributed by atoms with E-state index in [2.05, 4.69) is 0 Å². The summed E-state index contributed by atoms with van der Waals surface area (Å²) in [5.41, 5.74) is 0.514. The van der Waals surface area contributed by atoms with Gasteiger partial charge in [0, 0.05) is 18.2 Å². The zero-order valence-corrected chi connectivity index (χ0v) is 11.0. The number of nitriles is 1. The fraction of sp³-hybridized carbons (Fsp3) is 0.385. The first kappa shape index (κ1) is 14.7. The van der Waals surface area contributed by atoms with Gasteiger partial charge in [0.15, 0.2) is 0 Å². The Morgan fingerprint density at radius 3 is 2.70 bits per heavy atom. The van der Waals surface area contributed by atoms with Crippen LogP contribution in [0.15, 0.2) is 18.2 Å². The van der Waals surface area contributed by atoms with Gasteiger partial charge in [-0.2, -0.15) is 18.4 Å². The molecule has 1 fully saturated rings. The van der Waals surface area contributed by atoms with Crippen LogP contribution >= 0.6 is 11.6 Å². The van der Waals surface area contributed by atoms with Crippen LogP contribution in [0.2, 0.25) is 5.02 Å². The van der Waals surface area contributed by atoms with Gasteiger partial charge in [0.1, 0.15) is 6.07 Å². The number of hydrogen-bond acceptors (Lipinski definition) is 2. The van der Waals surface area contributed by atoms with E-state index >= 15 is 0 Å². The molecule has 20 heavy (non-hydrogen) atoms. The van der Waals surface area contributed by atoms with E-state index in [1.165, 1.54) is 18.2 Å². The molecular formula is C13H10ClF3N2O. The molecule has 0 bridgehead atoms. The Hall–Kier alpha value is -1.74. The molecule has 0 radical (unpaired) electrons. The predicted molar refractivity (Wildman–Crippen MR) is 67.3 cm³/mol. The summed E-state index contributed by atoms with van der Waals surface area (Å²) in [5.74, 6) is -0.361. The molecule has 1 amide bonds. The molecule has 1 aromatic carbocycles. The van der Waals surface area contributed by atoms with Crippen molar-refractivity contribution in [2.45, 2.75) is 31.5 Å². The Kier molecular flexibility index (Phi) is 3.91. The summed E-state index contributed by atoms with van der Waals surface area (Å²) < 4.78 is 37.5. The number of carbonyl (C=O) groups is 1. The lowest BCUT2D eigenvalue weighted by Crippen LogP contribution is -2.36. The standard InChI is InChI=1S/C13H10ClF3N2O/c14-11-5-9(2-1-8(11)7-18)19-10(3-4-12(19)20)6-13(15,16)17/h1-2,5,10H,3-4,6H2/t10-/m1/s1. The third-order valence-electron chi connectivity index (χ3n) is 3.14. The van der Waals surface area contributed by atoms with Gasteiger partial charge in [0.05, 0.1) is 17.0 Å². The SMILES string of the molecule is N#Cc1ccc(N2C(=O)CC[C@@H]2CC(F)(F)F)cc1Cl. The van der Waals surface area contributed by atoms with Crippen molar-refractivity contribution in [1.29, 1.82) is 5.26 Å². The smallest absolute Gasteiger partial charge is 0.309 e. The predicted octanol–water partition coefficient (Wildman–Crippen LogP) is 3.66. The molecule has 106 valence electrons. The Labute approximate surface area is 118 Å². The molecular weight excluding hydrogens is 293 g/mol. The van der Waals surface area contributed by atoms with Crippen molar-refractivity contribution in [3.63, 3.8) is 0 Å². The maximum Gasteiger partial charge on any atom is 0.391 e. The average molecular weight is 303 g/mol. The van der Waals surface area contributed by atoms with Gasteiger partial charge in [0.25, 0.3) is 0 Å². The van der Waals surface area contributed by atoms with Gasteiger partial charge >= 0.3 is 6.18 Å². The fourth-order valence-electron chi connectivity index (χ4n) is 2.30. The molecule has 1 aliphatic rings. The minimum absolute atomic E-state index is 0.0817. The Morgan fingerprint density at radius 1 is 1.45 bits per heavy atom. The lowest BCUT2D eigenvalue weighted by atomic mass is 10.1. The number of benzene rings is 1. The molecule has 7 heteroatoms. The van der Waals surface area contributed by atoms with Gasteiger partial charge in [-0.1, -0.05) is 11.6 Å². The van der Waals surface area contributed by atoms with Crippen molar-refractivity contribution in [2.75, 3.05) is 4.90 Å². The van der Waals surface area contributed by atoms with E-state index in [0.717, 1.165) is 4.90 Å². The summed E-state index contributed by atoms with van der Waals surface area (Å²) in [6.07, 6.45) is -5.13. The van der Waals surface area contributed by atoms with Crippen molar-refractivity contribution >= 4 is 23.2 Å². The van der Waals surface area contributed by atoms with Crippen molar-refractivity contribution in [3.8, 4) is 6.07 Å². The van der Waals surface area contributed by atoms with E-state index < -0.39 is 18.6 Å². The molecule has 0 N–H and O–H groups in total. The minimum atomic E-state index is -4.33. The molecule has 1 aromatic rings. The molecule has 3 nitrogen and oxygen atoms in total. The Bertz CT molecular complexity index is 580. The highest BCUT2D eigenvalue weighted by Crippen LogP contribution is 2.35. The fourth-order valence-corrected chi connectivity index (χ4v) is 2.52. The summed E-state index contributed by atoms with van der Waals surface area (Å²) >= 11 is 5.85. The first-order valence-electron chi connectivity index (χ1n) is 5.90. The second-order valence-electron chi connectivity index (χ2n) is 4.55. The zero-order chi connectivity index (χ0) is 14.9. The van der Waals surface area contributed by atoms with E-state index in [-0.39, 0.29) is 29.3 Å². The van der Waals surface area contributed by atoms with Crippen molar-refractivity contribution < 1.29 is 18.0 Å². The number of carbonyl (C=O) groups excluding carboxylic acids is 1. The average Bonchev–Trinajstić information content (AvgIpc) is 2.68. The Balaban J connectivity index is 2.31. The third-order valence-corrected chi connectivity index (χ3v) is 3.46. The number of anilines is 1.